The Morgan fingerprint density at radius 1 is 1.20 bits per heavy atom. The molecule has 1 aliphatic heterocycles. The molecule has 0 N–H and O–H groups in total. The molecule has 0 saturated carbocycles. The number of ether oxygens (including phenoxy) is 2. The molecule has 6 nitrogen and oxygen atoms in total. The van der Waals surface area contributed by atoms with Crippen molar-refractivity contribution in [3.8, 4) is 5.75 Å². The van der Waals surface area contributed by atoms with Gasteiger partial charge in [-0.3, -0.25) is 0 Å². The summed E-state index contributed by atoms with van der Waals surface area (Å²) in [5.41, 5.74) is 1.48. The van der Waals surface area contributed by atoms with Crippen LogP contribution in [0, 0.1) is 5.92 Å². The average Bonchev–Trinajstić information content (AvgIpc) is 2.95. The summed E-state index contributed by atoms with van der Waals surface area (Å²) in [6, 6.07) is 13.0. The van der Waals surface area contributed by atoms with Gasteiger partial charge in [-0.2, -0.15) is 4.39 Å². The van der Waals surface area contributed by atoms with E-state index >= 15 is 0 Å². The van der Waals surface area contributed by atoms with Crippen LogP contribution in [0.2, 0.25) is 0 Å². The molecule has 0 spiro atoms. The Morgan fingerprint density at radius 3 is 2.60 bits per heavy atom. The van der Waals surface area contributed by atoms with E-state index in [9.17, 15) is 17.6 Å². The van der Waals surface area contributed by atoms with E-state index in [1.807, 2.05) is 37.3 Å². The second-order valence-electron chi connectivity index (χ2n) is 8.24. The van der Waals surface area contributed by atoms with E-state index in [-0.39, 0.29) is 28.9 Å². The van der Waals surface area contributed by atoms with Crippen LogP contribution in [0.3, 0.4) is 0 Å². The van der Waals surface area contributed by atoms with E-state index in [1.165, 1.54) is 17.8 Å². The molecule has 0 saturated heterocycles. The van der Waals surface area contributed by atoms with E-state index in [4.69, 9.17) is 4.74 Å². The number of thioether (sulfide) groups is 1. The van der Waals surface area contributed by atoms with Crippen LogP contribution in [0.25, 0.3) is 0 Å². The molecule has 2 aromatic carbocycles. The van der Waals surface area contributed by atoms with Crippen LogP contribution in [-0.4, -0.2) is 39.0 Å². The van der Waals surface area contributed by atoms with Gasteiger partial charge in [-0.25, -0.2) is 13.2 Å². The third kappa shape index (κ3) is 6.79. The number of nitrogens with zero attached hydrogens (tertiary/aromatic N) is 1. The smallest absolute Gasteiger partial charge is 0.370 e. The molecular formula is C26H32FNO5S2. The molecule has 190 valence electrons. The average molecular weight is 522 g/mol. The topological polar surface area (TPSA) is 72.9 Å². The molecule has 3 rings (SSSR count). The Hall–Kier alpha value is -2.52. The van der Waals surface area contributed by atoms with Crippen LogP contribution in [0.15, 0.2) is 64.3 Å². The summed E-state index contributed by atoms with van der Waals surface area (Å²) in [7, 11) is -3.65. The summed E-state index contributed by atoms with van der Waals surface area (Å²) in [4.78, 5) is 14.5. The van der Waals surface area contributed by atoms with Gasteiger partial charge in [0.1, 0.15) is 12.0 Å². The number of esters is 1. The predicted molar refractivity (Wildman–Crippen MR) is 138 cm³/mol. The van der Waals surface area contributed by atoms with E-state index < -0.39 is 21.6 Å². The number of para-hydroxylation sites is 1. The lowest BCUT2D eigenvalue weighted by Gasteiger charge is -2.28. The van der Waals surface area contributed by atoms with Crippen molar-refractivity contribution in [2.45, 2.75) is 49.8 Å². The second kappa shape index (κ2) is 12.4. The molecule has 1 atom stereocenters. The highest BCUT2D eigenvalue weighted by Gasteiger charge is 2.33. The minimum atomic E-state index is -3.65. The van der Waals surface area contributed by atoms with Crippen molar-refractivity contribution in [1.82, 2.24) is 0 Å². The Morgan fingerprint density at radius 2 is 1.94 bits per heavy atom. The lowest BCUT2D eigenvalue weighted by Crippen LogP contribution is -2.26. The summed E-state index contributed by atoms with van der Waals surface area (Å²) in [5, 5.41) is 0. The summed E-state index contributed by atoms with van der Waals surface area (Å²) < 4.78 is 51.4. The van der Waals surface area contributed by atoms with Crippen LogP contribution in [-0.2, 0) is 19.4 Å². The van der Waals surface area contributed by atoms with E-state index in [0.717, 1.165) is 24.9 Å². The number of unbranched alkanes of at least 4 members (excludes halogenated alkanes) is 1. The first-order valence-corrected chi connectivity index (χ1v) is 14.5. The number of anilines is 2. The quantitative estimate of drug-likeness (QED) is 0.158. The largest absolute Gasteiger partial charge is 0.461 e. The second-order valence-corrected chi connectivity index (χ2v) is 11.5. The Labute approximate surface area is 211 Å². The molecule has 0 amide bonds. The van der Waals surface area contributed by atoms with Gasteiger partial charge in [-0.1, -0.05) is 44.9 Å². The first-order valence-electron chi connectivity index (χ1n) is 11.9. The van der Waals surface area contributed by atoms with Gasteiger partial charge in [0.25, 0.3) is 0 Å². The van der Waals surface area contributed by atoms with Crippen molar-refractivity contribution in [2.24, 2.45) is 5.92 Å². The number of halogens is 1. The number of benzene rings is 2. The standard InChI is InChI=1S/C26H32FNO5S2/c1-4-7-11-19-16-28(20-12-9-8-10-13-20)22-14-24(34-6-3)23(15-25(22)35(30,31)18-19)33-17-21(27)26(29)32-5-2/h8-10,12-15,17,19H,4-7,11,16,18H2,1-3H3/b21-17-. The monoisotopic (exact) mass is 521 g/mol. The molecule has 35 heavy (non-hydrogen) atoms. The zero-order chi connectivity index (χ0) is 25.4. The number of carbonyl (C=O) groups is 1. The van der Waals surface area contributed by atoms with Gasteiger partial charge in [0.15, 0.2) is 9.84 Å². The maximum absolute atomic E-state index is 14.1. The number of hydrogen-bond donors (Lipinski definition) is 0. The summed E-state index contributed by atoms with van der Waals surface area (Å²) in [6.07, 6.45) is 3.41. The first-order chi connectivity index (χ1) is 16.8. The number of fused-ring (bicyclic) bond motifs is 1. The summed E-state index contributed by atoms with van der Waals surface area (Å²) in [5.74, 6) is -1.47. The van der Waals surface area contributed by atoms with Crippen molar-refractivity contribution in [1.29, 1.82) is 0 Å². The molecule has 9 heteroatoms. The Kier molecular flexibility index (Phi) is 9.63. The highest BCUT2D eigenvalue weighted by atomic mass is 32.2. The summed E-state index contributed by atoms with van der Waals surface area (Å²) >= 11 is 1.45. The normalized spacial score (nSPS) is 17.4. The lowest BCUT2D eigenvalue weighted by molar-refractivity contribution is -0.140. The highest BCUT2D eigenvalue weighted by molar-refractivity contribution is 7.99. The first kappa shape index (κ1) is 27.1. The molecule has 0 aliphatic carbocycles. The molecule has 2 aromatic rings. The molecule has 0 bridgehead atoms. The van der Waals surface area contributed by atoms with Crippen molar-refractivity contribution in [2.75, 3.05) is 29.6 Å². The van der Waals surface area contributed by atoms with Gasteiger partial charge >= 0.3 is 5.97 Å². The van der Waals surface area contributed by atoms with Gasteiger partial charge in [-0.05, 0) is 43.2 Å². The lowest BCUT2D eigenvalue weighted by atomic mass is 10.0. The molecule has 1 heterocycles. The fourth-order valence-corrected chi connectivity index (χ4v) is 6.65. The Bertz CT molecular complexity index is 1150. The van der Waals surface area contributed by atoms with Crippen molar-refractivity contribution in [3.05, 3.63) is 54.6 Å². The Balaban J connectivity index is 2.13. The third-order valence-corrected chi connectivity index (χ3v) is 8.47. The van der Waals surface area contributed by atoms with Gasteiger partial charge in [0.05, 0.1) is 27.8 Å². The predicted octanol–water partition coefficient (Wildman–Crippen LogP) is 6.28. The van der Waals surface area contributed by atoms with Gasteiger partial charge < -0.3 is 14.4 Å². The number of rotatable bonds is 10. The SMILES string of the molecule is CCCCC1CN(c2ccccc2)c2cc(SCC)c(O/C=C(\F)C(=O)OCC)cc2S(=O)(=O)C1. The van der Waals surface area contributed by atoms with E-state index in [0.29, 0.717) is 29.1 Å². The van der Waals surface area contributed by atoms with E-state index in [1.54, 1.807) is 13.0 Å². The molecular weight excluding hydrogens is 489 g/mol. The minimum Gasteiger partial charge on any atom is -0.461 e. The fourth-order valence-electron chi connectivity index (χ4n) is 4.04. The third-order valence-electron chi connectivity index (χ3n) is 5.64. The maximum Gasteiger partial charge on any atom is 0.370 e. The van der Waals surface area contributed by atoms with Crippen LogP contribution >= 0.6 is 11.8 Å². The van der Waals surface area contributed by atoms with Crippen molar-refractivity contribution in [3.63, 3.8) is 0 Å². The number of carbonyl (C=O) groups excluding carboxylic acids is 1. The van der Waals surface area contributed by atoms with Crippen molar-refractivity contribution < 1.29 is 27.1 Å². The maximum atomic E-state index is 14.1. The zero-order valence-corrected chi connectivity index (χ0v) is 22.0. The number of sulfone groups is 1. The van der Waals surface area contributed by atoms with Gasteiger partial charge in [0.2, 0.25) is 5.83 Å². The van der Waals surface area contributed by atoms with Crippen LogP contribution in [0.1, 0.15) is 40.0 Å². The molecule has 1 unspecified atom stereocenters. The molecule has 0 radical (unpaired) electrons. The number of hydrogen-bond acceptors (Lipinski definition) is 7. The zero-order valence-electron chi connectivity index (χ0n) is 20.3. The minimum absolute atomic E-state index is 0.0239. The van der Waals surface area contributed by atoms with Crippen LogP contribution in [0.5, 0.6) is 5.75 Å². The fraction of sp³-hybridized carbons (Fsp3) is 0.423. The highest BCUT2D eigenvalue weighted by Crippen LogP contribution is 2.43. The molecule has 0 aromatic heterocycles. The molecule has 1 aliphatic rings. The molecule has 0 fully saturated rings. The van der Waals surface area contributed by atoms with Crippen LogP contribution < -0.4 is 9.64 Å². The van der Waals surface area contributed by atoms with Gasteiger partial charge in [-0.15, -0.1) is 11.8 Å². The summed E-state index contributed by atoms with van der Waals surface area (Å²) in [6.45, 7) is 6.23. The van der Waals surface area contributed by atoms with Crippen molar-refractivity contribution >= 4 is 38.9 Å². The van der Waals surface area contributed by atoms with Crippen LogP contribution in [0.4, 0.5) is 15.8 Å². The van der Waals surface area contributed by atoms with Gasteiger partial charge in [0, 0.05) is 18.3 Å². The van der Waals surface area contributed by atoms with E-state index in [2.05, 4.69) is 16.6 Å².